The highest BCUT2D eigenvalue weighted by Gasteiger charge is 2.27. The average molecular weight is 300 g/mol. The predicted molar refractivity (Wildman–Crippen MR) is 68.6 cm³/mol. The molecule has 0 aromatic carbocycles. The lowest BCUT2D eigenvalue weighted by atomic mass is 10.1. The number of alkyl halides is 1. The average Bonchev–Trinajstić information content (AvgIpc) is 2.17. The maximum absolute atomic E-state index is 11.9. The number of nitrogens with zero attached hydrogens (tertiary/aromatic N) is 1. The highest BCUT2D eigenvalue weighted by atomic mass is 79.9. The second kappa shape index (κ2) is 6.86. The Morgan fingerprint density at radius 3 is 1.93 bits per heavy atom. The Kier molecular flexibility index (Phi) is 7.04. The molecular weight excluding hydrogens is 278 g/mol. The molecule has 0 fully saturated rings. The molecule has 0 spiro atoms. The molecule has 92 valence electrons. The Balaban J connectivity index is 4.87. The van der Waals surface area contributed by atoms with E-state index in [-0.39, 0.29) is 10.7 Å². The second-order valence-electron chi connectivity index (χ2n) is 4.15. The maximum Gasteiger partial charge on any atom is 0.224 e. The number of halogens is 1. The predicted octanol–water partition coefficient (Wildman–Crippen LogP) is 2.82. The molecule has 0 saturated carbocycles. The molecule has 0 amide bonds. The van der Waals surface area contributed by atoms with Crippen molar-refractivity contribution in [2.24, 2.45) is 5.92 Å². The molecule has 0 saturated heterocycles. The zero-order chi connectivity index (χ0) is 12.1. The van der Waals surface area contributed by atoms with Crippen molar-refractivity contribution in [2.75, 3.05) is 11.2 Å². The van der Waals surface area contributed by atoms with Crippen molar-refractivity contribution in [3.8, 4) is 0 Å². The van der Waals surface area contributed by atoms with Gasteiger partial charge < -0.3 is 0 Å². The fraction of sp³-hybridized carbons (Fsp3) is 1.00. The molecular formula is C10H22BrNO2S. The molecule has 0 aliphatic rings. The number of hydrogen-bond donors (Lipinski definition) is 0. The molecule has 0 heterocycles. The van der Waals surface area contributed by atoms with E-state index in [1.54, 1.807) is 4.31 Å². The van der Waals surface area contributed by atoms with Crippen LogP contribution < -0.4 is 0 Å². The van der Waals surface area contributed by atoms with Crippen LogP contribution in [0.1, 0.15) is 40.5 Å². The summed E-state index contributed by atoms with van der Waals surface area (Å²) in [5.41, 5.74) is 0. The first kappa shape index (κ1) is 15.4. The van der Waals surface area contributed by atoms with Crippen molar-refractivity contribution in [3.63, 3.8) is 0 Å². The summed E-state index contributed by atoms with van der Waals surface area (Å²) in [5.74, 6) is 0.361. The highest BCUT2D eigenvalue weighted by molar-refractivity contribution is 9.10. The topological polar surface area (TPSA) is 37.4 Å². The van der Waals surface area contributed by atoms with Crippen molar-refractivity contribution in [1.29, 1.82) is 0 Å². The Labute approximate surface area is 102 Å². The van der Waals surface area contributed by atoms with Gasteiger partial charge in [0.25, 0.3) is 0 Å². The quantitative estimate of drug-likeness (QED) is 0.678. The largest absolute Gasteiger partial charge is 0.224 e. The Morgan fingerprint density at radius 1 is 1.20 bits per heavy atom. The van der Waals surface area contributed by atoms with Gasteiger partial charge in [0.1, 0.15) is 4.66 Å². The SMILES string of the molecule is CCC(CC)N(CC(C)C)S(=O)(=O)CBr. The minimum atomic E-state index is -3.13. The Morgan fingerprint density at radius 2 is 1.67 bits per heavy atom. The summed E-state index contributed by atoms with van der Waals surface area (Å²) in [6.45, 7) is 8.76. The maximum atomic E-state index is 11.9. The lowest BCUT2D eigenvalue weighted by molar-refractivity contribution is 0.278. The van der Waals surface area contributed by atoms with Crippen LogP contribution in [0.25, 0.3) is 0 Å². The van der Waals surface area contributed by atoms with Crippen LogP contribution in [0.5, 0.6) is 0 Å². The molecule has 0 rings (SSSR count). The standard InChI is InChI=1S/C10H22BrNO2S/c1-5-10(6-2)12(7-9(3)4)15(13,14)8-11/h9-10H,5-8H2,1-4H3. The van der Waals surface area contributed by atoms with Gasteiger partial charge >= 0.3 is 0 Å². The zero-order valence-electron chi connectivity index (χ0n) is 10.0. The Bertz CT molecular complexity index is 261. The second-order valence-corrected chi connectivity index (χ2v) is 7.38. The van der Waals surface area contributed by atoms with Gasteiger partial charge in [0.15, 0.2) is 0 Å². The van der Waals surface area contributed by atoms with Crippen LogP contribution in [-0.4, -0.2) is 30.0 Å². The van der Waals surface area contributed by atoms with E-state index in [4.69, 9.17) is 0 Å². The van der Waals surface area contributed by atoms with Gasteiger partial charge in [-0.15, -0.1) is 0 Å². The fourth-order valence-corrected chi connectivity index (χ4v) is 3.80. The van der Waals surface area contributed by atoms with E-state index >= 15 is 0 Å². The van der Waals surface area contributed by atoms with Gasteiger partial charge in [-0.25, -0.2) is 8.42 Å². The van der Waals surface area contributed by atoms with Crippen LogP contribution >= 0.6 is 15.9 Å². The van der Waals surface area contributed by atoms with E-state index in [0.29, 0.717) is 12.5 Å². The van der Waals surface area contributed by atoms with Crippen molar-refractivity contribution >= 4 is 26.0 Å². The molecule has 5 heteroatoms. The molecule has 0 unspecified atom stereocenters. The molecule has 0 aromatic heterocycles. The fourth-order valence-electron chi connectivity index (χ4n) is 1.61. The summed E-state index contributed by atoms with van der Waals surface area (Å²) in [6.07, 6.45) is 1.74. The number of rotatable bonds is 7. The summed E-state index contributed by atoms with van der Waals surface area (Å²) >= 11 is 3.06. The van der Waals surface area contributed by atoms with Crippen LogP contribution in [-0.2, 0) is 10.0 Å². The lowest BCUT2D eigenvalue weighted by Crippen LogP contribution is -2.42. The molecule has 15 heavy (non-hydrogen) atoms. The van der Waals surface area contributed by atoms with Crippen molar-refractivity contribution in [1.82, 2.24) is 4.31 Å². The monoisotopic (exact) mass is 299 g/mol. The van der Waals surface area contributed by atoms with Gasteiger partial charge in [0.2, 0.25) is 10.0 Å². The van der Waals surface area contributed by atoms with E-state index in [9.17, 15) is 8.42 Å². The summed E-state index contributed by atoms with van der Waals surface area (Å²) in [6, 6.07) is 0.134. The third-order valence-corrected chi connectivity index (χ3v) is 5.56. The van der Waals surface area contributed by atoms with Gasteiger partial charge in [0, 0.05) is 12.6 Å². The van der Waals surface area contributed by atoms with Gasteiger partial charge in [-0.3, -0.25) is 0 Å². The summed E-state index contributed by atoms with van der Waals surface area (Å²) in [7, 11) is -3.13. The number of hydrogen-bond acceptors (Lipinski definition) is 2. The highest BCUT2D eigenvalue weighted by Crippen LogP contribution is 2.17. The molecule has 0 N–H and O–H groups in total. The van der Waals surface area contributed by atoms with E-state index in [0.717, 1.165) is 12.8 Å². The van der Waals surface area contributed by atoms with Crippen molar-refractivity contribution in [2.45, 2.75) is 46.6 Å². The van der Waals surface area contributed by atoms with E-state index < -0.39 is 10.0 Å². The minimum Gasteiger partial charge on any atom is -0.211 e. The van der Waals surface area contributed by atoms with Crippen molar-refractivity contribution in [3.05, 3.63) is 0 Å². The third-order valence-electron chi connectivity index (χ3n) is 2.39. The molecule has 0 aliphatic heterocycles. The van der Waals surface area contributed by atoms with Crippen LogP contribution in [0.3, 0.4) is 0 Å². The molecule has 0 aromatic rings. The van der Waals surface area contributed by atoms with Gasteiger partial charge in [-0.05, 0) is 18.8 Å². The van der Waals surface area contributed by atoms with Crippen LogP contribution in [0.2, 0.25) is 0 Å². The van der Waals surface area contributed by atoms with Crippen LogP contribution in [0.4, 0.5) is 0 Å². The third kappa shape index (κ3) is 4.83. The first-order valence-corrected chi connectivity index (χ1v) is 8.17. The summed E-state index contributed by atoms with van der Waals surface area (Å²) in [5, 5.41) is 0. The van der Waals surface area contributed by atoms with Gasteiger partial charge in [-0.2, -0.15) is 4.31 Å². The first-order chi connectivity index (χ1) is 6.88. The molecule has 0 radical (unpaired) electrons. The summed E-state index contributed by atoms with van der Waals surface area (Å²) < 4.78 is 25.4. The summed E-state index contributed by atoms with van der Waals surface area (Å²) in [4.78, 5) is 0. The minimum absolute atomic E-state index is 0.0171. The number of sulfonamides is 1. The van der Waals surface area contributed by atoms with Gasteiger partial charge in [0.05, 0.1) is 0 Å². The van der Waals surface area contributed by atoms with E-state index in [1.807, 2.05) is 27.7 Å². The van der Waals surface area contributed by atoms with E-state index in [2.05, 4.69) is 15.9 Å². The molecule has 0 atom stereocenters. The van der Waals surface area contributed by atoms with Crippen molar-refractivity contribution < 1.29 is 8.42 Å². The normalized spacial score (nSPS) is 13.1. The first-order valence-electron chi connectivity index (χ1n) is 5.44. The van der Waals surface area contributed by atoms with Gasteiger partial charge in [-0.1, -0.05) is 43.6 Å². The molecule has 3 nitrogen and oxygen atoms in total. The molecule has 0 aliphatic carbocycles. The smallest absolute Gasteiger partial charge is 0.211 e. The lowest BCUT2D eigenvalue weighted by Gasteiger charge is -2.30. The van der Waals surface area contributed by atoms with E-state index in [1.165, 1.54) is 0 Å². The van der Waals surface area contributed by atoms with Crippen LogP contribution in [0.15, 0.2) is 0 Å². The molecule has 0 bridgehead atoms. The Hall–Kier alpha value is 0.390. The van der Waals surface area contributed by atoms with Crippen LogP contribution in [0, 0.1) is 5.92 Å². The zero-order valence-corrected chi connectivity index (χ0v) is 12.4.